The Labute approximate surface area is 190 Å². The third-order valence-corrected chi connectivity index (χ3v) is 5.42. The van der Waals surface area contributed by atoms with Gasteiger partial charge in [-0.15, -0.1) is 0 Å². The van der Waals surface area contributed by atoms with Gasteiger partial charge in [0.2, 0.25) is 11.7 Å². The molecule has 0 spiro atoms. The Morgan fingerprint density at radius 3 is 2.77 bits per heavy atom. The quantitative estimate of drug-likeness (QED) is 0.339. The molecule has 0 N–H and O–H groups in total. The zero-order chi connectivity index (χ0) is 22.2. The number of halogens is 1. The van der Waals surface area contributed by atoms with Gasteiger partial charge in [-0.3, -0.25) is 4.99 Å². The molecule has 0 radical (unpaired) electrons. The second-order valence-electron chi connectivity index (χ2n) is 7.87. The predicted molar refractivity (Wildman–Crippen MR) is 129 cm³/mol. The van der Waals surface area contributed by atoms with Crippen molar-refractivity contribution in [2.45, 2.75) is 53.4 Å². The van der Waals surface area contributed by atoms with Crippen molar-refractivity contribution in [1.29, 1.82) is 0 Å². The molecule has 0 bridgehead atoms. The van der Waals surface area contributed by atoms with E-state index in [9.17, 15) is 0 Å². The Hall–Kier alpha value is -2.72. The minimum Gasteiger partial charge on any atom is -0.339 e. The molecule has 5 heteroatoms. The Morgan fingerprint density at radius 1 is 1.16 bits per heavy atom. The highest BCUT2D eigenvalue weighted by Gasteiger charge is 2.11. The van der Waals surface area contributed by atoms with Crippen LogP contribution in [0.3, 0.4) is 0 Å². The summed E-state index contributed by atoms with van der Waals surface area (Å²) in [5, 5.41) is 4.88. The summed E-state index contributed by atoms with van der Waals surface area (Å²) in [6.07, 6.45) is 5.92. The number of benzene rings is 2. The van der Waals surface area contributed by atoms with Crippen molar-refractivity contribution in [3.05, 3.63) is 87.5 Å². The summed E-state index contributed by atoms with van der Waals surface area (Å²) >= 11 is 6.25. The first-order chi connectivity index (χ1) is 15.0. The molecule has 0 atom stereocenters. The van der Waals surface area contributed by atoms with Gasteiger partial charge in [-0.2, -0.15) is 4.98 Å². The van der Waals surface area contributed by atoms with E-state index in [-0.39, 0.29) is 0 Å². The van der Waals surface area contributed by atoms with Gasteiger partial charge in [-0.1, -0.05) is 72.1 Å². The maximum atomic E-state index is 6.25. The molecule has 0 aliphatic rings. The minimum absolute atomic E-state index is 0.556. The highest BCUT2D eigenvalue weighted by atomic mass is 35.5. The van der Waals surface area contributed by atoms with Crippen molar-refractivity contribution in [2.75, 3.05) is 6.54 Å². The van der Waals surface area contributed by atoms with Crippen LogP contribution in [0.2, 0.25) is 5.02 Å². The minimum atomic E-state index is 0.556. The first-order valence-electron chi connectivity index (χ1n) is 10.8. The molecule has 162 valence electrons. The number of aliphatic imine (C=N–C) groups is 1. The zero-order valence-electron chi connectivity index (χ0n) is 18.8. The lowest BCUT2D eigenvalue weighted by Crippen LogP contribution is -2.01. The van der Waals surface area contributed by atoms with E-state index in [1.54, 1.807) is 0 Å². The largest absolute Gasteiger partial charge is 0.339 e. The number of unbranched alkanes of at least 4 members (excludes halogenated alkanes) is 1. The van der Waals surface area contributed by atoms with Crippen molar-refractivity contribution in [2.24, 2.45) is 4.99 Å². The van der Waals surface area contributed by atoms with E-state index < -0.39 is 0 Å². The summed E-state index contributed by atoms with van der Waals surface area (Å²) in [6, 6.07) is 14.4. The van der Waals surface area contributed by atoms with Crippen LogP contribution in [0.15, 0.2) is 58.1 Å². The predicted octanol–water partition coefficient (Wildman–Crippen LogP) is 7.01. The summed E-state index contributed by atoms with van der Waals surface area (Å²) in [6.45, 7) is 8.98. The standard InChI is InChI=1S/C26H30ClN3O/c1-5-6-10-22(24-17-23(27)12-11-19(24)3)13-14-28-20(4)26-29-25(31-30-26)16-21-9-7-8-18(2)15-21/h7-12,15,17H,5-6,13-14,16H2,1-4H3. The molecule has 3 rings (SSSR count). The molecule has 1 aromatic heterocycles. The van der Waals surface area contributed by atoms with Crippen LogP contribution in [0.4, 0.5) is 0 Å². The van der Waals surface area contributed by atoms with Gasteiger partial charge >= 0.3 is 0 Å². The fourth-order valence-electron chi connectivity index (χ4n) is 3.49. The number of aryl methyl sites for hydroxylation is 2. The van der Waals surface area contributed by atoms with Crippen molar-refractivity contribution >= 4 is 22.9 Å². The van der Waals surface area contributed by atoms with Crippen LogP contribution in [-0.4, -0.2) is 22.4 Å². The number of rotatable bonds is 9. The average molecular weight is 436 g/mol. The van der Waals surface area contributed by atoms with Crippen molar-refractivity contribution in [1.82, 2.24) is 10.1 Å². The average Bonchev–Trinajstić information content (AvgIpc) is 3.21. The van der Waals surface area contributed by atoms with Gasteiger partial charge in [-0.25, -0.2) is 0 Å². The second kappa shape index (κ2) is 11.1. The number of aromatic nitrogens is 2. The summed E-state index contributed by atoms with van der Waals surface area (Å²) < 4.78 is 5.44. The van der Waals surface area contributed by atoms with E-state index in [1.807, 2.05) is 25.1 Å². The van der Waals surface area contributed by atoms with Crippen LogP contribution >= 0.6 is 11.6 Å². The Morgan fingerprint density at radius 2 is 2.00 bits per heavy atom. The van der Waals surface area contributed by atoms with Gasteiger partial charge < -0.3 is 4.52 Å². The van der Waals surface area contributed by atoms with Crippen LogP contribution in [-0.2, 0) is 6.42 Å². The zero-order valence-corrected chi connectivity index (χ0v) is 19.5. The van der Waals surface area contributed by atoms with Gasteiger partial charge in [0.1, 0.15) is 0 Å². The van der Waals surface area contributed by atoms with Gasteiger partial charge in [0.15, 0.2) is 0 Å². The SMILES string of the molecule is CCCC=C(CCN=C(C)c1noc(Cc2cccc(C)c2)n1)c1cc(Cl)ccc1C. The molecule has 3 aromatic rings. The third kappa shape index (κ3) is 6.63. The van der Waals surface area contributed by atoms with E-state index in [4.69, 9.17) is 21.1 Å². The van der Waals surface area contributed by atoms with Crippen LogP contribution in [0.1, 0.15) is 67.1 Å². The molecule has 31 heavy (non-hydrogen) atoms. The van der Waals surface area contributed by atoms with E-state index in [0.29, 0.717) is 24.7 Å². The van der Waals surface area contributed by atoms with Crippen molar-refractivity contribution in [3.63, 3.8) is 0 Å². The lowest BCUT2D eigenvalue weighted by Gasteiger charge is -2.11. The fourth-order valence-corrected chi connectivity index (χ4v) is 3.66. The number of nitrogens with zero attached hydrogens (tertiary/aromatic N) is 3. The molecule has 2 aromatic carbocycles. The van der Waals surface area contributed by atoms with E-state index in [0.717, 1.165) is 35.6 Å². The lowest BCUT2D eigenvalue weighted by molar-refractivity contribution is 0.383. The van der Waals surface area contributed by atoms with E-state index >= 15 is 0 Å². The van der Waals surface area contributed by atoms with Crippen LogP contribution in [0.25, 0.3) is 5.57 Å². The molecule has 4 nitrogen and oxygen atoms in total. The van der Waals surface area contributed by atoms with E-state index in [2.05, 4.69) is 61.3 Å². The molecule has 0 fully saturated rings. The van der Waals surface area contributed by atoms with Crippen LogP contribution in [0, 0.1) is 13.8 Å². The monoisotopic (exact) mass is 435 g/mol. The number of allylic oxidation sites excluding steroid dienone is 1. The Balaban J connectivity index is 1.67. The van der Waals surface area contributed by atoms with Crippen LogP contribution in [0.5, 0.6) is 0 Å². The Kier molecular flexibility index (Phi) is 8.19. The fraction of sp³-hybridized carbons (Fsp3) is 0.346. The van der Waals surface area contributed by atoms with Gasteiger partial charge in [-0.05, 0) is 68.0 Å². The third-order valence-electron chi connectivity index (χ3n) is 5.18. The molecule has 0 aliphatic heterocycles. The molecule has 0 unspecified atom stereocenters. The molecule has 0 amide bonds. The van der Waals surface area contributed by atoms with E-state index in [1.165, 1.54) is 22.3 Å². The highest BCUT2D eigenvalue weighted by Crippen LogP contribution is 2.26. The smallest absolute Gasteiger partial charge is 0.231 e. The van der Waals surface area contributed by atoms with Gasteiger partial charge in [0.25, 0.3) is 0 Å². The number of hydrogen-bond donors (Lipinski definition) is 0. The normalized spacial score (nSPS) is 12.4. The van der Waals surface area contributed by atoms with Crippen molar-refractivity contribution < 1.29 is 4.52 Å². The molecular formula is C26H30ClN3O. The summed E-state index contributed by atoms with van der Waals surface area (Å²) in [5.41, 5.74) is 6.88. The first kappa shape index (κ1) is 23.0. The van der Waals surface area contributed by atoms with Crippen molar-refractivity contribution in [3.8, 4) is 0 Å². The summed E-state index contributed by atoms with van der Waals surface area (Å²) in [5.74, 6) is 1.16. The molecule has 1 heterocycles. The second-order valence-corrected chi connectivity index (χ2v) is 8.31. The summed E-state index contributed by atoms with van der Waals surface area (Å²) in [7, 11) is 0. The topological polar surface area (TPSA) is 51.3 Å². The van der Waals surface area contributed by atoms with Gasteiger partial charge in [0.05, 0.1) is 12.1 Å². The van der Waals surface area contributed by atoms with Crippen LogP contribution < -0.4 is 0 Å². The van der Waals surface area contributed by atoms with Gasteiger partial charge in [0, 0.05) is 11.6 Å². The first-order valence-corrected chi connectivity index (χ1v) is 11.2. The molecule has 0 aliphatic carbocycles. The maximum Gasteiger partial charge on any atom is 0.231 e. The highest BCUT2D eigenvalue weighted by molar-refractivity contribution is 6.30. The summed E-state index contributed by atoms with van der Waals surface area (Å²) in [4.78, 5) is 9.24. The molecular weight excluding hydrogens is 406 g/mol. The maximum absolute atomic E-state index is 6.25. The number of hydrogen-bond acceptors (Lipinski definition) is 4. The molecule has 0 saturated carbocycles. The Bertz CT molecular complexity index is 1080. The molecule has 0 saturated heterocycles. The lowest BCUT2D eigenvalue weighted by atomic mass is 9.97.